The molecule has 128 valence electrons. The molecule has 1 amide bonds. The molecule has 3 N–H and O–H groups in total. The molecule has 25 heavy (non-hydrogen) atoms. The van der Waals surface area contributed by atoms with Crippen molar-refractivity contribution in [2.45, 2.75) is 32.1 Å². The van der Waals surface area contributed by atoms with Crippen LogP contribution in [0.4, 0.5) is 11.4 Å². The molecule has 2 aromatic heterocycles. The Balaban J connectivity index is 1.70. The number of pyridine rings is 1. The van der Waals surface area contributed by atoms with Crippen molar-refractivity contribution in [2.24, 2.45) is 0 Å². The molecule has 6 heteroatoms. The fourth-order valence-electron chi connectivity index (χ4n) is 3.26. The molecule has 0 saturated heterocycles. The van der Waals surface area contributed by atoms with Crippen LogP contribution in [0, 0.1) is 0 Å². The second-order valence-electron chi connectivity index (χ2n) is 6.32. The van der Waals surface area contributed by atoms with Crippen LogP contribution in [-0.4, -0.2) is 10.9 Å². The molecule has 0 saturated carbocycles. The van der Waals surface area contributed by atoms with Crippen molar-refractivity contribution in [3.63, 3.8) is 0 Å². The first kappa shape index (κ1) is 16.4. The number of thiophene rings is 1. The minimum atomic E-state index is -0.224. The molecule has 1 aromatic carbocycles. The Labute approximate surface area is 155 Å². The van der Waals surface area contributed by atoms with Gasteiger partial charge in [0.25, 0.3) is 5.91 Å². The summed E-state index contributed by atoms with van der Waals surface area (Å²) in [6.45, 7) is 0. The van der Waals surface area contributed by atoms with Crippen LogP contribution >= 0.6 is 22.9 Å². The summed E-state index contributed by atoms with van der Waals surface area (Å²) in [5, 5.41) is 4.33. The summed E-state index contributed by atoms with van der Waals surface area (Å²) in [4.78, 5) is 18.8. The molecule has 1 aliphatic carbocycles. The lowest BCUT2D eigenvalue weighted by Crippen LogP contribution is -2.11. The van der Waals surface area contributed by atoms with E-state index in [1.54, 1.807) is 24.3 Å². The smallest absolute Gasteiger partial charge is 0.267 e. The fraction of sp³-hybridized carbons (Fsp3) is 0.263. The quantitative estimate of drug-likeness (QED) is 0.619. The third-order valence-electron chi connectivity index (χ3n) is 4.54. The molecular weight excluding hydrogens is 354 g/mol. The average Bonchev–Trinajstić information content (AvgIpc) is 2.76. The highest BCUT2D eigenvalue weighted by molar-refractivity contribution is 7.21. The fourth-order valence-corrected chi connectivity index (χ4v) is 4.44. The van der Waals surface area contributed by atoms with Gasteiger partial charge in [-0.2, -0.15) is 0 Å². The molecule has 0 fully saturated rings. The minimum Gasteiger partial charge on any atom is -0.397 e. The number of halogens is 1. The summed E-state index contributed by atoms with van der Waals surface area (Å²) >= 11 is 7.33. The molecule has 3 aromatic rings. The van der Waals surface area contributed by atoms with Crippen molar-refractivity contribution in [3.05, 3.63) is 51.5 Å². The standard InChI is InChI=1S/C19H18ClN3OS/c20-12-6-4-7-13(10-12)22-18(24)17-16(21)14-9-11-5-2-1-3-8-15(11)23-19(14)25-17/h4,6-7,9-10H,1-3,5,8,21H2,(H,22,24). The number of nitrogen functional groups attached to an aromatic ring is 1. The largest absolute Gasteiger partial charge is 0.397 e. The summed E-state index contributed by atoms with van der Waals surface area (Å²) < 4.78 is 0. The first-order valence-electron chi connectivity index (χ1n) is 8.39. The van der Waals surface area contributed by atoms with Crippen molar-refractivity contribution in [1.82, 2.24) is 4.98 Å². The van der Waals surface area contributed by atoms with E-state index in [0.29, 0.717) is 21.3 Å². The van der Waals surface area contributed by atoms with Crippen LogP contribution in [0.2, 0.25) is 5.02 Å². The highest BCUT2D eigenvalue weighted by atomic mass is 35.5. The van der Waals surface area contributed by atoms with Crippen molar-refractivity contribution < 1.29 is 4.79 Å². The highest BCUT2D eigenvalue weighted by Gasteiger charge is 2.20. The zero-order valence-electron chi connectivity index (χ0n) is 13.6. The zero-order chi connectivity index (χ0) is 17.4. The van der Waals surface area contributed by atoms with Crippen molar-refractivity contribution in [2.75, 3.05) is 11.1 Å². The Morgan fingerprint density at radius 2 is 2.04 bits per heavy atom. The highest BCUT2D eigenvalue weighted by Crippen LogP contribution is 2.35. The number of benzene rings is 1. The van der Waals surface area contributed by atoms with Gasteiger partial charge in [0.05, 0.1) is 5.69 Å². The van der Waals surface area contributed by atoms with Gasteiger partial charge in [-0.3, -0.25) is 4.79 Å². The van der Waals surface area contributed by atoms with Gasteiger partial charge in [0.15, 0.2) is 0 Å². The summed E-state index contributed by atoms with van der Waals surface area (Å²) in [6.07, 6.45) is 5.65. The maximum atomic E-state index is 12.6. The van der Waals surface area contributed by atoms with E-state index >= 15 is 0 Å². The molecule has 0 atom stereocenters. The monoisotopic (exact) mass is 371 g/mol. The second kappa shape index (κ2) is 6.65. The summed E-state index contributed by atoms with van der Waals surface area (Å²) in [7, 11) is 0. The molecule has 4 rings (SSSR count). The van der Waals surface area contributed by atoms with Gasteiger partial charge in [-0.05, 0) is 55.5 Å². The predicted octanol–water partition coefficient (Wildman–Crippen LogP) is 5.05. The summed E-state index contributed by atoms with van der Waals surface area (Å²) in [5.74, 6) is -0.224. The summed E-state index contributed by atoms with van der Waals surface area (Å²) in [5.41, 5.74) is 9.88. The second-order valence-corrected chi connectivity index (χ2v) is 7.75. The number of hydrogen-bond acceptors (Lipinski definition) is 4. The molecule has 0 unspecified atom stereocenters. The lowest BCUT2D eigenvalue weighted by Gasteiger charge is -2.05. The zero-order valence-corrected chi connectivity index (χ0v) is 15.2. The van der Waals surface area contributed by atoms with Crippen LogP contribution in [0.1, 0.15) is 40.2 Å². The number of carbonyl (C=O) groups excluding carboxylic acids is 1. The maximum Gasteiger partial charge on any atom is 0.267 e. The Morgan fingerprint density at radius 1 is 1.20 bits per heavy atom. The van der Waals surface area contributed by atoms with E-state index in [1.807, 2.05) is 0 Å². The number of nitrogens with zero attached hydrogens (tertiary/aromatic N) is 1. The Kier molecular flexibility index (Phi) is 4.36. The predicted molar refractivity (Wildman–Crippen MR) is 105 cm³/mol. The number of hydrogen-bond donors (Lipinski definition) is 2. The number of anilines is 2. The van der Waals surface area contributed by atoms with Crippen LogP contribution < -0.4 is 11.1 Å². The van der Waals surface area contributed by atoms with Crippen molar-refractivity contribution in [3.8, 4) is 0 Å². The number of rotatable bonds is 2. The van der Waals surface area contributed by atoms with Crippen LogP contribution in [0.5, 0.6) is 0 Å². The van der Waals surface area contributed by atoms with Gasteiger partial charge < -0.3 is 11.1 Å². The van der Waals surface area contributed by atoms with Crippen molar-refractivity contribution in [1.29, 1.82) is 0 Å². The normalized spacial score (nSPS) is 14.1. The molecule has 0 radical (unpaired) electrons. The van der Waals surface area contributed by atoms with Crippen molar-refractivity contribution >= 4 is 50.4 Å². The number of aryl methyl sites for hydroxylation is 2. The minimum absolute atomic E-state index is 0.224. The molecule has 0 spiro atoms. The number of fused-ring (bicyclic) bond motifs is 2. The summed E-state index contributed by atoms with van der Waals surface area (Å²) in [6, 6.07) is 9.20. The van der Waals surface area contributed by atoms with Gasteiger partial charge in [0.2, 0.25) is 0 Å². The van der Waals surface area contributed by atoms with E-state index in [4.69, 9.17) is 22.3 Å². The van der Waals surface area contributed by atoms with E-state index in [9.17, 15) is 4.79 Å². The van der Waals surface area contributed by atoms with Crippen LogP contribution in [0.3, 0.4) is 0 Å². The van der Waals surface area contributed by atoms with Gasteiger partial charge in [-0.1, -0.05) is 24.1 Å². The third kappa shape index (κ3) is 3.22. The van der Waals surface area contributed by atoms with Crippen LogP contribution in [0.25, 0.3) is 10.2 Å². The van der Waals surface area contributed by atoms with Crippen LogP contribution in [0.15, 0.2) is 30.3 Å². The Bertz CT molecular complexity index is 967. The third-order valence-corrected chi connectivity index (χ3v) is 5.89. The van der Waals surface area contributed by atoms with Gasteiger partial charge in [-0.25, -0.2) is 4.98 Å². The lowest BCUT2D eigenvalue weighted by molar-refractivity contribution is 0.103. The number of carbonyl (C=O) groups is 1. The average molecular weight is 372 g/mol. The Morgan fingerprint density at radius 3 is 2.88 bits per heavy atom. The topological polar surface area (TPSA) is 68.0 Å². The van der Waals surface area contributed by atoms with Gasteiger partial charge in [0, 0.05) is 21.8 Å². The molecule has 1 aliphatic rings. The molecule has 4 nitrogen and oxygen atoms in total. The van der Waals surface area contributed by atoms with Crippen LogP contribution in [-0.2, 0) is 12.8 Å². The molecular formula is C19H18ClN3OS. The van der Waals surface area contributed by atoms with Gasteiger partial charge in [0.1, 0.15) is 9.71 Å². The van der Waals surface area contributed by atoms with Gasteiger partial charge in [-0.15, -0.1) is 11.3 Å². The Hall–Kier alpha value is -2.11. The number of nitrogens with two attached hydrogens (primary N) is 1. The van der Waals surface area contributed by atoms with E-state index < -0.39 is 0 Å². The first-order valence-corrected chi connectivity index (χ1v) is 9.59. The number of amides is 1. The number of nitrogens with one attached hydrogen (secondary N) is 1. The SMILES string of the molecule is Nc1c(C(=O)Nc2cccc(Cl)c2)sc2nc3c(cc12)CCCCC3. The lowest BCUT2D eigenvalue weighted by atomic mass is 10.1. The van der Waals surface area contributed by atoms with Gasteiger partial charge >= 0.3 is 0 Å². The van der Waals surface area contributed by atoms with E-state index in [2.05, 4.69) is 11.4 Å². The maximum absolute atomic E-state index is 12.6. The van der Waals surface area contributed by atoms with E-state index in [-0.39, 0.29) is 5.91 Å². The van der Waals surface area contributed by atoms with E-state index in [1.165, 1.54) is 36.2 Å². The number of aromatic nitrogens is 1. The molecule has 2 heterocycles. The molecule has 0 bridgehead atoms. The molecule has 0 aliphatic heterocycles. The first-order chi connectivity index (χ1) is 12.1. The van der Waals surface area contributed by atoms with E-state index in [0.717, 1.165) is 28.8 Å².